The van der Waals surface area contributed by atoms with Gasteiger partial charge in [-0.15, -0.1) is 0 Å². The molecule has 2 aromatic rings. The predicted octanol–water partition coefficient (Wildman–Crippen LogP) is 2.19. The van der Waals surface area contributed by atoms with Gasteiger partial charge in [0.25, 0.3) is 0 Å². The second kappa shape index (κ2) is 3.83. The fourth-order valence-corrected chi connectivity index (χ4v) is 1.74. The molecule has 0 saturated carbocycles. The second-order valence-electron chi connectivity index (χ2n) is 3.04. The summed E-state index contributed by atoms with van der Waals surface area (Å²) in [6, 6.07) is 5.38. The van der Waals surface area contributed by atoms with Crippen molar-refractivity contribution in [2.24, 2.45) is 7.05 Å². The van der Waals surface area contributed by atoms with Crippen LogP contribution >= 0.6 is 27.5 Å². The lowest BCUT2D eigenvalue weighted by molar-refractivity contribution is 0.869. The summed E-state index contributed by atoms with van der Waals surface area (Å²) in [6.07, 6.45) is 0. The molecule has 0 radical (unpaired) electrons. The minimum absolute atomic E-state index is 0.240. The van der Waals surface area contributed by atoms with Crippen molar-refractivity contribution >= 4 is 27.5 Å². The van der Waals surface area contributed by atoms with Gasteiger partial charge in [-0.2, -0.15) is 5.10 Å². The zero-order valence-corrected chi connectivity index (χ0v) is 10.1. The first kappa shape index (κ1) is 10.4. The normalized spacial score (nSPS) is 10.6. The first-order valence-electron chi connectivity index (χ1n) is 4.16. The molecule has 15 heavy (non-hydrogen) atoms. The minimum atomic E-state index is -0.240. The van der Waals surface area contributed by atoms with Gasteiger partial charge in [-0.05, 0) is 34.1 Å². The van der Waals surface area contributed by atoms with Gasteiger partial charge in [-0.1, -0.05) is 11.6 Å². The van der Waals surface area contributed by atoms with Crippen LogP contribution in [0.2, 0.25) is 5.02 Å². The van der Waals surface area contributed by atoms with Crippen molar-refractivity contribution in [2.75, 3.05) is 0 Å². The highest BCUT2D eigenvalue weighted by molar-refractivity contribution is 9.10. The molecule has 0 saturated heterocycles. The minimum Gasteiger partial charge on any atom is -0.278 e. The van der Waals surface area contributed by atoms with E-state index in [1.807, 2.05) is 12.1 Å². The Kier molecular flexibility index (Phi) is 2.67. The van der Waals surface area contributed by atoms with E-state index in [9.17, 15) is 4.79 Å². The summed E-state index contributed by atoms with van der Waals surface area (Å²) >= 11 is 9.19. The van der Waals surface area contributed by atoms with Crippen LogP contribution in [-0.4, -0.2) is 14.8 Å². The molecule has 2 rings (SSSR count). The van der Waals surface area contributed by atoms with E-state index >= 15 is 0 Å². The van der Waals surface area contributed by atoms with Crippen LogP contribution in [0.25, 0.3) is 11.4 Å². The Morgan fingerprint density at radius 3 is 2.80 bits per heavy atom. The van der Waals surface area contributed by atoms with Gasteiger partial charge in [0.15, 0.2) is 5.82 Å². The lowest BCUT2D eigenvalue weighted by Gasteiger charge is -2.01. The van der Waals surface area contributed by atoms with Gasteiger partial charge < -0.3 is 0 Å². The Hall–Kier alpha value is -1.07. The number of nitrogens with one attached hydrogen (secondary N) is 1. The van der Waals surface area contributed by atoms with Gasteiger partial charge in [0.1, 0.15) is 0 Å². The molecule has 0 aliphatic carbocycles. The molecule has 0 atom stereocenters. The van der Waals surface area contributed by atoms with Gasteiger partial charge in [-0.3, -0.25) is 4.57 Å². The zero-order chi connectivity index (χ0) is 11.0. The molecular formula is C9H7BrClN3O. The molecule has 6 heteroatoms. The molecule has 0 aliphatic rings. The van der Waals surface area contributed by atoms with Crippen molar-refractivity contribution in [3.05, 3.63) is 38.2 Å². The molecule has 0 unspecified atom stereocenters. The van der Waals surface area contributed by atoms with Crippen LogP contribution in [0.15, 0.2) is 27.5 Å². The summed E-state index contributed by atoms with van der Waals surface area (Å²) in [5, 5.41) is 6.92. The molecule has 4 nitrogen and oxygen atoms in total. The van der Waals surface area contributed by atoms with Crippen molar-refractivity contribution < 1.29 is 0 Å². The van der Waals surface area contributed by atoms with E-state index in [0.29, 0.717) is 10.8 Å². The van der Waals surface area contributed by atoms with Crippen LogP contribution in [-0.2, 0) is 7.05 Å². The third kappa shape index (κ3) is 1.85. The Labute approximate surface area is 99.0 Å². The summed E-state index contributed by atoms with van der Waals surface area (Å²) < 4.78 is 2.22. The van der Waals surface area contributed by atoms with Gasteiger partial charge in [-0.25, -0.2) is 9.89 Å². The predicted molar refractivity (Wildman–Crippen MR) is 62.0 cm³/mol. The number of rotatable bonds is 1. The highest BCUT2D eigenvalue weighted by atomic mass is 79.9. The fourth-order valence-electron chi connectivity index (χ4n) is 1.24. The van der Waals surface area contributed by atoms with Crippen molar-refractivity contribution in [2.45, 2.75) is 0 Å². The maximum atomic E-state index is 11.2. The lowest BCUT2D eigenvalue weighted by Crippen LogP contribution is -2.13. The largest absolute Gasteiger partial charge is 0.343 e. The maximum absolute atomic E-state index is 11.2. The third-order valence-electron chi connectivity index (χ3n) is 2.06. The van der Waals surface area contributed by atoms with Crippen LogP contribution in [0.3, 0.4) is 0 Å². The summed E-state index contributed by atoms with van der Waals surface area (Å²) in [5.74, 6) is 0.581. The quantitative estimate of drug-likeness (QED) is 0.874. The Morgan fingerprint density at radius 2 is 2.27 bits per heavy atom. The average Bonchev–Trinajstić information content (AvgIpc) is 2.53. The number of halogens is 2. The van der Waals surface area contributed by atoms with Crippen LogP contribution in [0.4, 0.5) is 0 Å². The zero-order valence-electron chi connectivity index (χ0n) is 7.79. The van der Waals surface area contributed by atoms with Gasteiger partial charge in [0, 0.05) is 17.1 Å². The summed E-state index contributed by atoms with van der Waals surface area (Å²) in [5.41, 5.74) is 0.586. The van der Waals surface area contributed by atoms with Crippen LogP contribution in [0, 0.1) is 0 Å². The fraction of sp³-hybridized carbons (Fsp3) is 0.111. The van der Waals surface area contributed by atoms with E-state index in [4.69, 9.17) is 11.6 Å². The standard InChI is InChI=1S/C9H7BrClN3O/c1-14-8(12-13-9(14)15)5-2-3-7(11)6(10)4-5/h2-4H,1H3,(H,13,15). The number of H-pyrrole nitrogens is 1. The Morgan fingerprint density at radius 1 is 1.53 bits per heavy atom. The first-order chi connectivity index (χ1) is 7.09. The third-order valence-corrected chi connectivity index (χ3v) is 3.27. The summed E-state index contributed by atoms with van der Waals surface area (Å²) in [6.45, 7) is 0. The Balaban J connectivity index is 2.59. The molecule has 1 aromatic heterocycles. The highest BCUT2D eigenvalue weighted by Gasteiger charge is 2.08. The molecule has 1 aromatic carbocycles. The van der Waals surface area contributed by atoms with Crippen molar-refractivity contribution in [3.8, 4) is 11.4 Å². The molecule has 0 amide bonds. The topological polar surface area (TPSA) is 50.7 Å². The van der Waals surface area contributed by atoms with Gasteiger partial charge >= 0.3 is 5.69 Å². The number of aromatic amines is 1. The molecule has 0 bridgehead atoms. The molecule has 0 aliphatic heterocycles. The number of aromatic nitrogens is 3. The van der Waals surface area contributed by atoms with E-state index in [1.54, 1.807) is 13.1 Å². The summed E-state index contributed by atoms with van der Waals surface area (Å²) in [4.78, 5) is 11.2. The number of hydrogen-bond acceptors (Lipinski definition) is 2. The van der Waals surface area contributed by atoms with E-state index in [1.165, 1.54) is 4.57 Å². The second-order valence-corrected chi connectivity index (χ2v) is 4.30. The molecular weight excluding hydrogens is 281 g/mol. The SMILES string of the molecule is Cn1c(-c2ccc(Cl)c(Br)c2)n[nH]c1=O. The van der Waals surface area contributed by atoms with Crippen molar-refractivity contribution in [1.82, 2.24) is 14.8 Å². The Bertz CT molecular complexity index is 561. The average molecular weight is 289 g/mol. The molecule has 1 heterocycles. The van der Waals surface area contributed by atoms with E-state index in [-0.39, 0.29) is 5.69 Å². The highest BCUT2D eigenvalue weighted by Crippen LogP contribution is 2.27. The molecule has 1 N–H and O–H groups in total. The maximum Gasteiger partial charge on any atom is 0.343 e. The number of nitrogens with zero attached hydrogens (tertiary/aromatic N) is 2. The monoisotopic (exact) mass is 287 g/mol. The van der Waals surface area contributed by atoms with Gasteiger partial charge in [0.2, 0.25) is 0 Å². The van der Waals surface area contributed by atoms with Crippen LogP contribution < -0.4 is 5.69 Å². The lowest BCUT2D eigenvalue weighted by atomic mass is 10.2. The van der Waals surface area contributed by atoms with E-state index in [0.717, 1.165) is 10.0 Å². The molecule has 78 valence electrons. The molecule has 0 fully saturated rings. The molecule has 0 spiro atoms. The van der Waals surface area contributed by atoms with Crippen molar-refractivity contribution in [1.29, 1.82) is 0 Å². The number of benzene rings is 1. The summed E-state index contributed by atoms with van der Waals surface area (Å²) in [7, 11) is 1.66. The van der Waals surface area contributed by atoms with Gasteiger partial charge in [0.05, 0.1) is 5.02 Å². The van der Waals surface area contributed by atoms with Crippen molar-refractivity contribution in [3.63, 3.8) is 0 Å². The smallest absolute Gasteiger partial charge is 0.278 e. The van der Waals surface area contributed by atoms with Crippen LogP contribution in [0.5, 0.6) is 0 Å². The van der Waals surface area contributed by atoms with E-state index < -0.39 is 0 Å². The first-order valence-corrected chi connectivity index (χ1v) is 5.33. The number of hydrogen-bond donors (Lipinski definition) is 1. The van der Waals surface area contributed by atoms with Crippen LogP contribution in [0.1, 0.15) is 0 Å². The van der Waals surface area contributed by atoms with E-state index in [2.05, 4.69) is 26.1 Å².